The monoisotopic (exact) mass is 436 g/mol. The van der Waals surface area contributed by atoms with Gasteiger partial charge in [-0.3, -0.25) is 4.98 Å². The van der Waals surface area contributed by atoms with Crippen molar-refractivity contribution in [2.75, 3.05) is 36.1 Å². The van der Waals surface area contributed by atoms with Gasteiger partial charge in [0.25, 0.3) is 0 Å². The number of anilines is 2. The number of nitrogens with one attached hydrogen (secondary N) is 1. The number of aryl methyl sites for hydroxylation is 1. The number of aromatic nitrogens is 1. The average molecular weight is 437 g/mol. The van der Waals surface area contributed by atoms with Crippen LogP contribution in [-0.2, 0) is 4.74 Å². The highest BCUT2D eigenvalue weighted by molar-refractivity contribution is 7.80. The summed E-state index contributed by atoms with van der Waals surface area (Å²) in [5.41, 5.74) is 4.61. The summed E-state index contributed by atoms with van der Waals surface area (Å²) in [5.74, 6) is 0. The van der Waals surface area contributed by atoms with Crippen molar-refractivity contribution in [3.05, 3.63) is 76.2 Å². The van der Waals surface area contributed by atoms with Gasteiger partial charge in [-0.05, 0) is 72.5 Å². The maximum absolute atomic E-state index is 5.82. The fraction of sp³-hybridized carbons (Fsp3) is 0.304. The predicted molar refractivity (Wildman–Crippen MR) is 126 cm³/mol. The molecule has 0 bridgehead atoms. The number of ether oxygens (including phenoxy) is 1. The van der Waals surface area contributed by atoms with Crippen LogP contribution in [0.15, 0.2) is 60.1 Å². The second kappa shape index (κ2) is 8.34. The van der Waals surface area contributed by atoms with E-state index in [0.29, 0.717) is 0 Å². The number of nitrogens with zero attached hydrogens (tertiary/aromatic N) is 3. The van der Waals surface area contributed by atoms with E-state index in [9.17, 15) is 0 Å². The molecule has 2 aromatic heterocycles. The molecule has 0 aliphatic carbocycles. The highest BCUT2D eigenvalue weighted by Crippen LogP contribution is 2.44. The molecular weight excluding hydrogens is 412 g/mol. The highest BCUT2D eigenvalue weighted by atomic mass is 32.1. The molecule has 5 nitrogen and oxygen atoms in total. The van der Waals surface area contributed by atoms with Gasteiger partial charge in [0.2, 0.25) is 0 Å². The van der Waals surface area contributed by atoms with Crippen LogP contribution in [0, 0.1) is 6.92 Å². The number of thiophene rings is 1. The Hall–Kier alpha value is -2.48. The number of hydrogen-bond donors (Lipinski definition) is 1. The largest absolute Gasteiger partial charge is 0.378 e. The van der Waals surface area contributed by atoms with E-state index in [0.717, 1.165) is 42.8 Å². The lowest BCUT2D eigenvalue weighted by molar-refractivity contribution is 0.122. The lowest BCUT2D eigenvalue weighted by Crippen LogP contribution is -2.36. The maximum Gasteiger partial charge on any atom is 0.174 e. The van der Waals surface area contributed by atoms with Crippen LogP contribution in [0.25, 0.3) is 0 Å². The minimum absolute atomic E-state index is 0.00923. The van der Waals surface area contributed by atoms with E-state index in [-0.39, 0.29) is 12.1 Å². The third-order valence-electron chi connectivity index (χ3n) is 5.77. The number of pyridine rings is 1. The van der Waals surface area contributed by atoms with Gasteiger partial charge in [-0.15, -0.1) is 11.3 Å². The van der Waals surface area contributed by atoms with E-state index in [4.69, 9.17) is 17.0 Å². The molecule has 1 N–H and O–H groups in total. The third kappa shape index (κ3) is 3.57. The number of benzene rings is 1. The van der Waals surface area contributed by atoms with Gasteiger partial charge in [-0.2, -0.15) is 0 Å². The first kappa shape index (κ1) is 19.5. The van der Waals surface area contributed by atoms with Gasteiger partial charge >= 0.3 is 0 Å². The van der Waals surface area contributed by atoms with Gasteiger partial charge in [0, 0.05) is 35.5 Å². The Kier molecular flexibility index (Phi) is 5.41. The van der Waals surface area contributed by atoms with Gasteiger partial charge < -0.3 is 19.9 Å². The molecule has 1 aromatic carbocycles. The van der Waals surface area contributed by atoms with Crippen molar-refractivity contribution in [3.8, 4) is 0 Å². The zero-order valence-electron chi connectivity index (χ0n) is 16.8. The van der Waals surface area contributed by atoms with Crippen molar-refractivity contribution in [1.29, 1.82) is 0 Å². The SMILES string of the molecule is Cc1ccsc1[C@H]1[C@H](c2ccccn2)NC(=S)N1c1ccc(N2CCOCC2)cc1. The number of thiocarbonyl (C=S) groups is 1. The van der Waals surface area contributed by atoms with Crippen LogP contribution >= 0.6 is 23.6 Å². The average Bonchev–Trinajstić information content (AvgIpc) is 3.37. The molecule has 0 unspecified atom stereocenters. The van der Waals surface area contributed by atoms with E-state index in [1.807, 2.05) is 18.3 Å². The van der Waals surface area contributed by atoms with Gasteiger partial charge in [-0.1, -0.05) is 6.07 Å². The summed E-state index contributed by atoms with van der Waals surface area (Å²) in [7, 11) is 0. The number of rotatable bonds is 4. The van der Waals surface area contributed by atoms with Crippen LogP contribution in [0.3, 0.4) is 0 Å². The van der Waals surface area contributed by atoms with Gasteiger partial charge in [0.05, 0.1) is 31.0 Å². The Morgan fingerprint density at radius 3 is 2.50 bits per heavy atom. The summed E-state index contributed by atoms with van der Waals surface area (Å²) in [4.78, 5) is 10.6. The first-order valence-electron chi connectivity index (χ1n) is 10.2. The molecule has 154 valence electrons. The van der Waals surface area contributed by atoms with E-state index < -0.39 is 0 Å². The smallest absolute Gasteiger partial charge is 0.174 e. The van der Waals surface area contributed by atoms with Crippen LogP contribution in [0.5, 0.6) is 0 Å². The Labute approximate surface area is 186 Å². The van der Waals surface area contributed by atoms with Crippen LogP contribution in [0.4, 0.5) is 11.4 Å². The summed E-state index contributed by atoms with van der Waals surface area (Å²) in [6.45, 7) is 5.60. The summed E-state index contributed by atoms with van der Waals surface area (Å²) in [6.07, 6.45) is 1.85. The third-order valence-corrected chi connectivity index (χ3v) is 7.18. The molecule has 4 heterocycles. The summed E-state index contributed by atoms with van der Waals surface area (Å²) < 4.78 is 5.48. The summed E-state index contributed by atoms with van der Waals surface area (Å²) in [5, 5.41) is 6.43. The zero-order chi connectivity index (χ0) is 20.5. The van der Waals surface area contributed by atoms with Gasteiger partial charge in [-0.25, -0.2) is 0 Å². The van der Waals surface area contributed by atoms with Crippen molar-refractivity contribution in [2.45, 2.75) is 19.0 Å². The predicted octanol–water partition coefficient (Wildman–Crippen LogP) is 4.47. The van der Waals surface area contributed by atoms with Crippen molar-refractivity contribution in [3.63, 3.8) is 0 Å². The second-order valence-electron chi connectivity index (χ2n) is 7.58. The second-order valence-corrected chi connectivity index (χ2v) is 8.91. The quantitative estimate of drug-likeness (QED) is 0.609. The van der Waals surface area contributed by atoms with Crippen molar-refractivity contribution >= 4 is 40.0 Å². The molecule has 5 rings (SSSR count). The van der Waals surface area contributed by atoms with Crippen LogP contribution in [0.1, 0.15) is 28.2 Å². The Morgan fingerprint density at radius 1 is 1.07 bits per heavy atom. The molecular formula is C23H24N4OS2. The molecule has 2 aliphatic rings. The minimum atomic E-state index is 0.00923. The molecule has 2 atom stereocenters. The summed E-state index contributed by atoms with van der Waals surface area (Å²) >= 11 is 7.60. The molecule has 0 saturated carbocycles. The minimum Gasteiger partial charge on any atom is -0.378 e. The topological polar surface area (TPSA) is 40.6 Å². The van der Waals surface area contributed by atoms with Crippen LogP contribution < -0.4 is 15.1 Å². The van der Waals surface area contributed by atoms with E-state index in [2.05, 4.69) is 68.8 Å². The molecule has 2 fully saturated rings. The zero-order valence-corrected chi connectivity index (χ0v) is 18.5. The van der Waals surface area contributed by atoms with E-state index >= 15 is 0 Å². The summed E-state index contributed by atoms with van der Waals surface area (Å²) in [6, 6.07) is 17.0. The van der Waals surface area contributed by atoms with Crippen LogP contribution in [-0.4, -0.2) is 36.4 Å². The Bertz CT molecular complexity index is 1020. The Balaban J connectivity index is 1.51. The lowest BCUT2D eigenvalue weighted by Gasteiger charge is -2.30. The maximum atomic E-state index is 5.82. The van der Waals surface area contributed by atoms with Gasteiger partial charge in [0.1, 0.15) is 0 Å². The highest BCUT2D eigenvalue weighted by Gasteiger charge is 2.41. The molecule has 30 heavy (non-hydrogen) atoms. The lowest BCUT2D eigenvalue weighted by atomic mass is 10.0. The van der Waals surface area contributed by atoms with E-state index in [1.54, 1.807) is 11.3 Å². The fourth-order valence-corrected chi connectivity index (χ4v) is 5.63. The standard InChI is InChI=1S/C23H24N4OS2/c1-16-9-15-30-22(16)21-20(19-4-2-3-10-24-19)25-23(29)27(21)18-7-5-17(6-8-18)26-11-13-28-14-12-26/h2-10,15,20-21H,11-14H2,1H3,(H,25,29)/t20-,21+/m0/s1. The Morgan fingerprint density at radius 2 is 1.83 bits per heavy atom. The molecule has 0 amide bonds. The van der Waals surface area contributed by atoms with E-state index in [1.165, 1.54) is 16.1 Å². The van der Waals surface area contributed by atoms with Crippen molar-refractivity contribution in [1.82, 2.24) is 10.3 Å². The molecule has 0 radical (unpaired) electrons. The molecule has 7 heteroatoms. The van der Waals surface area contributed by atoms with Gasteiger partial charge in [0.15, 0.2) is 5.11 Å². The molecule has 0 spiro atoms. The fourth-order valence-electron chi connectivity index (χ4n) is 4.23. The first-order valence-corrected chi connectivity index (χ1v) is 11.5. The van der Waals surface area contributed by atoms with Crippen molar-refractivity contribution in [2.24, 2.45) is 0 Å². The molecule has 2 saturated heterocycles. The number of morpholine rings is 1. The number of hydrogen-bond acceptors (Lipinski definition) is 5. The van der Waals surface area contributed by atoms with Crippen LogP contribution in [0.2, 0.25) is 0 Å². The molecule has 2 aliphatic heterocycles. The van der Waals surface area contributed by atoms with Crippen molar-refractivity contribution < 1.29 is 4.74 Å². The normalized spacial score (nSPS) is 21.7. The molecule has 3 aromatic rings. The first-order chi connectivity index (χ1) is 14.7.